The summed E-state index contributed by atoms with van der Waals surface area (Å²) in [7, 11) is 0. The van der Waals surface area contributed by atoms with Crippen molar-refractivity contribution in [3.8, 4) is 0 Å². The maximum atomic E-state index is 12.5. The lowest BCUT2D eigenvalue weighted by Gasteiger charge is -2.31. The van der Waals surface area contributed by atoms with E-state index in [-0.39, 0.29) is 5.92 Å². The van der Waals surface area contributed by atoms with E-state index < -0.39 is 0 Å². The third kappa shape index (κ3) is 3.05. The Bertz CT molecular complexity index is 456. The van der Waals surface area contributed by atoms with Gasteiger partial charge in [0.1, 0.15) is 0 Å². The van der Waals surface area contributed by atoms with Crippen LogP contribution < -0.4 is 0 Å². The van der Waals surface area contributed by atoms with Crippen molar-refractivity contribution in [2.75, 3.05) is 0 Å². The molecule has 0 saturated heterocycles. The van der Waals surface area contributed by atoms with Crippen LogP contribution >= 0.6 is 31.9 Å². The van der Waals surface area contributed by atoms with E-state index in [1.807, 2.05) is 18.2 Å². The highest BCUT2D eigenvalue weighted by Gasteiger charge is 2.30. The van der Waals surface area contributed by atoms with E-state index in [4.69, 9.17) is 0 Å². The van der Waals surface area contributed by atoms with Gasteiger partial charge in [-0.2, -0.15) is 0 Å². The van der Waals surface area contributed by atoms with Gasteiger partial charge in [-0.1, -0.05) is 45.7 Å². The van der Waals surface area contributed by atoms with Crippen molar-refractivity contribution in [2.24, 2.45) is 17.8 Å². The lowest BCUT2D eigenvalue weighted by Crippen LogP contribution is -2.26. The van der Waals surface area contributed by atoms with E-state index in [1.54, 1.807) is 0 Å². The van der Waals surface area contributed by atoms with E-state index in [0.29, 0.717) is 11.7 Å². The molecule has 0 heterocycles. The van der Waals surface area contributed by atoms with E-state index in [9.17, 15) is 4.79 Å². The first-order chi connectivity index (χ1) is 8.49. The Morgan fingerprint density at radius 2 is 1.89 bits per heavy atom. The summed E-state index contributed by atoms with van der Waals surface area (Å²) in [5, 5.41) is 0. The van der Waals surface area contributed by atoms with Crippen LogP contribution in [0.1, 0.15) is 43.5 Å². The summed E-state index contributed by atoms with van der Waals surface area (Å²) in [5.74, 6) is 1.91. The second kappa shape index (κ2) is 5.87. The molecule has 3 unspecified atom stereocenters. The molecule has 0 radical (unpaired) electrons. The van der Waals surface area contributed by atoms with E-state index in [0.717, 1.165) is 33.3 Å². The summed E-state index contributed by atoms with van der Waals surface area (Å²) in [5.41, 5.74) is 0.824. The molecular formula is C15H18Br2O. The summed E-state index contributed by atoms with van der Waals surface area (Å²) in [4.78, 5) is 12.5. The van der Waals surface area contributed by atoms with E-state index in [2.05, 4.69) is 45.7 Å². The molecule has 0 N–H and O–H groups in total. The normalized spacial score (nSPS) is 28.1. The topological polar surface area (TPSA) is 17.1 Å². The molecule has 0 spiro atoms. The number of hydrogen-bond donors (Lipinski definition) is 0. The van der Waals surface area contributed by atoms with Gasteiger partial charge in [0.05, 0.1) is 0 Å². The van der Waals surface area contributed by atoms with Crippen molar-refractivity contribution in [1.82, 2.24) is 0 Å². The zero-order chi connectivity index (χ0) is 13.3. The van der Waals surface area contributed by atoms with Gasteiger partial charge in [-0.05, 0) is 49.3 Å². The van der Waals surface area contributed by atoms with E-state index in [1.165, 1.54) is 6.42 Å². The third-order valence-electron chi connectivity index (χ3n) is 4.17. The molecule has 98 valence electrons. The van der Waals surface area contributed by atoms with Gasteiger partial charge < -0.3 is 0 Å². The monoisotopic (exact) mass is 372 g/mol. The molecule has 1 saturated carbocycles. The molecule has 3 atom stereocenters. The molecule has 1 fully saturated rings. The van der Waals surface area contributed by atoms with Crippen LogP contribution in [0.15, 0.2) is 27.1 Å². The van der Waals surface area contributed by atoms with Gasteiger partial charge in [0.2, 0.25) is 0 Å². The van der Waals surface area contributed by atoms with Crippen molar-refractivity contribution in [3.63, 3.8) is 0 Å². The largest absolute Gasteiger partial charge is 0.294 e. The van der Waals surface area contributed by atoms with Crippen LogP contribution in [0.5, 0.6) is 0 Å². The number of halogens is 2. The van der Waals surface area contributed by atoms with Gasteiger partial charge >= 0.3 is 0 Å². The number of rotatable bonds is 2. The fourth-order valence-corrected chi connectivity index (χ4v) is 3.94. The van der Waals surface area contributed by atoms with Crippen LogP contribution in [0.25, 0.3) is 0 Å². The highest BCUT2D eigenvalue weighted by molar-refractivity contribution is 9.11. The van der Waals surface area contributed by atoms with Gasteiger partial charge in [0, 0.05) is 20.4 Å². The van der Waals surface area contributed by atoms with Crippen LogP contribution in [0.3, 0.4) is 0 Å². The smallest absolute Gasteiger partial charge is 0.167 e. The molecule has 1 aliphatic rings. The van der Waals surface area contributed by atoms with Crippen molar-refractivity contribution in [3.05, 3.63) is 32.7 Å². The Morgan fingerprint density at radius 3 is 2.50 bits per heavy atom. The Kier molecular flexibility index (Phi) is 4.65. The second-order valence-electron chi connectivity index (χ2n) is 5.45. The predicted octanol–water partition coefficient (Wildman–Crippen LogP) is 5.47. The Balaban J connectivity index is 2.16. The molecule has 1 aromatic rings. The van der Waals surface area contributed by atoms with Crippen LogP contribution in [0.2, 0.25) is 0 Å². The van der Waals surface area contributed by atoms with Crippen LogP contribution in [-0.4, -0.2) is 5.78 Å². The minimum Gasteiger partial charge on any atom is -0.294 e. The zero-order valence-electron chi connectivity index (χ0n) is 10.7. The van der Waals surface area contributed by atoms with Crippen LogP contribution in [-0.2, 0) is 0 Å². The average molecular weight is 374 g/mol. The standard InChI is InChI=1S/C15H18Br2O/c1-9-3-4-11(7-10(9)2)15(18)13-6-5-12(16)8-14(13)17/h5-6,8-11H,3-4,7H2,1-2H3. The summed E-state index contributed by atoms with van der Waals surface area (Å²) in [6.45, 7) is 4.56. The molecule has 1 nitrogen and oxygen atoms in total. The number of Topliss-reactive ketones (excluding diaryl/α,β-unsaturated/α-hetero) is 1. The van der Waals surface area contributed by atoms with Crippen molar-refractivity contribution in [1.29, 1.82) is 0 Å². The molecule has 2 rings (SSSR count). The highest BCUT2D eigenvalue weighted by atomic mass is 79.9. The molecule has 0 aromatic heterocycles. The molecule has 0 amide bonds. The summed E-state index contributed by atoms with van der Waals surface area (Å²) in [6.07, 6.45) is 3.24. The molecule has 0 aliphatic heterocycles. The number of ketones is 1. The predicted molar refractivity (Wildman–Crippen MR) is 81.8 cm³/mol. The lowest BCUT2D eigenvalue weighted by molar-refractivity contribution is 0.0837. The van der Waals surface area contributed by atoms with Crippen molar-refractivity contribution >= 4 is 37.6 Å². The van der Waals surface area contributed by atoms with Gasteiger partial charge in [-0.3, -0.25) is 4.79 Å². The Hall–Kier alpha value is -0.150. The van der Waals surface area contributed by atoms with Gasteiger partial charge in [-0.25, -0.2) is 0 Å². The maximum absolute atomic E-state index is 12.5. The van der Waals surface area contributed by atoms with Crippen LogP contribution in [0, 0.1) is 17.8 Å². The average Bonchev–Trinajstić information content (AvgIpc) is 2.32. The van der Waals surface area contributed by atoms with Gasteiger partial charge in [-0.15, -0.1) is 0 Å². The maximum Gasteiger partial charge on any atom is 0.167 e. The fraction of sp³-hybridized carbons (Fsp3) is 0.533. The van der Waals surface area contributed by atoms with Crippen molar-refractivity contribution in [2.45, 2.75) is 33.1 Å². The minimum atomic E-state index is 0.202. The number of hydrogen-bond acceptors (Lipinski definition) is 1. The fourth-order valence-electron chi connectivity index (χ4n) is 2.69. The zero-order valence-corrected chi connectivity index (χ0v) is 13.9. The first kappa shape index (κ1) is 14.3. The van der Waals surface area contributed by atoms with Crippen LogP contribution in [0.4, 0.5) is 0 Å². The summed E-state index contributed by atoms with van der Waals surface area (Å²) in [6, 6.07) is 5.80. The SMILES string of the molecule is CC1CCC(C(=O)c2ccc(Br)cc2Br)CC1C. The third-order valence-corrected chi connectivity index (χ3v) is 5.31. The van der Waals surface area contributed by atoms with Crippen molar-refractivity contribution < 1.29 is 4.79 Å². The number of benzene rings is 1. The quantitative estimate of drug-likeness (QED) is 0.628. The minimum absolute atomic E-state index is 0.202. The summed E-state index contributed by atoms with van der Waals surface area (Å²) >= 11 is 6.91. The molecule has 3 heteroatoms. The number of carbonyl (C=O) groups excluding carboxylic acids is 1. The van der Waals surface area contributed by atoms with Gasteiger partial charge in [0.25, 0.3) is 0 Å². The van der Waals surface area contributed by atoms with Gasteiger partial charge in [0.15, 0.2) is 5.78 Å². The molecule has 1 aliphatic carbocycles. The lowest BCUT2D eigenvalue weighted by atomic mass is 9.73. The molecule has 0 bridgehead atoms. The highest BCUT2D eigenvalue weighted by Crippen LogP contribution is 2.36. The summed E-state index contributed by atoms with van der Waals surface area (Å²) < 4.78 is 1.89. The molecular weight excluding hydrogens is 356 g/mol. The first-order valence-electron chi connectivity index (χ1n) is 6.48. The second-order valence-corrected chi connectivity index (χ2v) is 7.22. The molecule has 1 aromatic carbocycles. The number of carbonyl (C=O) groups is 1. The molecule has 18 heavy (non-hydrogen) atoms. The first-order valence-corrected chi connectivity index (χ1v) is 8.07. The Labute approximate surface area is 126 Å². The Morgan fingerprint density at radius 1 is 1.17 bits per heavy atom. The van der Waals surface area contributed by atoms with E-state index >= 15 is 0 Å².